The highest BCUT2D eigenvalue weighted by Gasteiger charge is 2.05. The molecule has 0 saturated heterocycles. The third kappa shape index (κ3) is 3.55. The molecule has 1 aromatic carbocycles. The van der Waals surface area contributed by atoms with E-state index < -0.39 is 0 Å². The molecule has 1 aromatic heterocycles. The Labute approximate surface area is 114 Å². The maximum Gasteiger partial charge on any atom is 0.145 e. The van der Waals surface area contributed by atoms with Gasteiger partial charge in [0, 0.05) is 6.04 Å². The lowest BCUT2D eigenvalue weighted by molar-refractivity contribution is 0.478. The van der Waals surface area contributed by atoms with Gasteiger partial charge in [-0.25, -0.2) is 0 Å². The van der Waals surface area contributed by atoms with Crippen LogP contribution >= 0.6 is 0 Å². The number of aromatic nitrogens is 1. The first kappa shape index (κ1) is 13.6. The zero-order chi connectivity index (χ0) is 13.7. The smallest absolute Gasteiger partial charge is 0.145 e. The van der Waals surface area contributed by atoms with Crippen molar-refractivity contribution in [1.82, 2.24) is 4.98 Å². The number of hydrogen-bond donors (Lipinski definition) is 1. The second-order valence-corrected chi connectivity index (χ2v) is 4.54. The summed E-state index contributed by atoms with van der Waals surface area (Å²) in [7, 11) is 0. The largest absolute Gasteiger partial charge is 0.456 e. The van der Waals surface area contributed by atoms with Crippen LogP contribution in [0.25, 0.3) is 0 Å². The molecule has 3 nitrogen and oxygen atoms in total. The van der Waals surface area contributed by atoms with Gasteiger partial charge in [-0.3, -0.25) is 4.98 Å². The van der Waals surface area contributed by atoms with Crippen LogP contribution < -0.4 is 10.5 Å². The molecule has 0 radical (unpaired) electrons. The van der Waals surface area contributed by atoms with Crippen molar-refractivity contribution in [3.05, 3.63) is 53.9 Å². The Kier molecular flexibility index (Phi) is 4.53. The van der Waals surface area contributed by atoms with Crippen molar-refractivity contribution in [2.24, 2.45) is 5.73 Å². The summed E-state index contributed by atoms with van der Waals surface area (Å²) in [6.45, 7) is 4.18. The molecule has 0 spiro atoms. The first-order chi connectivity index (χ1) is 9.22. The van der Waals surface area contributed by atoms with Gasteiger partial charge in [-0.05, 0) is 42.7 Å². The summed E-state index contributed by atoms with van der Waals surface area (Å²) in [5, 5.41) is 0. The highest BCUT2D eigenvalue weighted by atomic mass is 16.5. The molecule has 0 unspecified atom stereocenters. The van der Waals surface area contributed by atoms with Crippen LogP contribution in [0.5, 0.6) is 11.5 Å². The lowest BCUT2D eigenvalue weighted by atomic mass is 10.1. The second-order valence-electron chi connectivity index (χ2n) is 4.54. The van der Waals surface area contributed by atoms with E-state index in [0.29, 0.717) is 0 Å². The maximum absolute atomic E-state index is 5.93. The highest BCUT2D eigenvalue weighted by molar-refractivity contribution is 5.33. The van der Waals surface area contributed by atoms with E-state index in [1.54, 1.807) is 6.20 Å². The Morgan fingerprint density at radius 2 is 2.00 bits per heavy atom. The zero-order valence-electron chi connectivity index (χ0n) is 11.5. The monoisotopic (exact) mass is 256 g/mol. The summed E-state index contributed by atoms with van der Waals surface area (Å²) < 4.78 is 5.79. The lowest BCUT2D eigenvalue weighted by Gasteiger charge is -2.10. The predicted octanol–water partition coefficient (Wildman–Crippen LogP) is 3.85. The van der Waals surface area contributed by atoms with Crippen molar-refractivity contribution in [2.45, 2.75) is 32.7 Å². The molecule has 0 aliphatic rings. The van der Waals surface area contributed by atoms with Gasteiger partial charge >= 0.3 is 0 Å². The van der Waals surface area contributed by atoms with Crippen LogP contribution in [0.2, 0.25) is 0 Å². The fourth-order valence-corrected chi connectivity index (χ4v) is 1.85. The number of nitrogens with zero attached hydrogens (tertiary/aromatic N) is 1. The van der Waals surface area contributed by atoms with Crippen molar-refractivity contribution < 1.29 is 4.74 Å². The lowest BCUT2D eigenvalue weighted by Crippen LogP contribution is -2.10. The molecule has 1 atom stereocenters. The molecule has 100 valence electrons. The summed E-state index contributed by atoms with van der Waals surface area (Å²) in [5.74, 6) is 1.58. The van der Waals surface area contributed by atoms with Crippen molar-refractivity contribution in [3.8, 4) is 11.5 Å². The number of ether oxygens (including phenoxy) is 1. The van der Waals surface area contributed by atoms with Crippen LogP contribution in [0.15, 0.2) is 42.6 Å². The van der Waals surface area contributed by atoms with Gasteiger partial charge in [0.25, 0.3) is 0 Å². The fraction of sp³-hybridized carbons (Fsp3) is 0.312. The first-order valence-corrected chi connectivity index (χ1v) is 6.71. The van der Waals surface area contributed by atoms with E-state index in [1.807, 2.05) is 37.3 Å². The van der Waals surface area contributed by atoms with E-state index in [-0.39, 0.29) is 6.04 Å². The molecule has 19 heavy (non-hydrogen) atoms. The number of pyridine rings is 1. The molecule has 2 aromatic rings. The van der Waals surface area contributed by atoms with E-state index in [1.165, 1.54) is 5.56 Å². The van der Waals surface area contributed by atoms with Crippen molar-refractivity contribution in [1.29, 1.82) is 0 Å². The molecule has 3 heteroatoms. The Morgan fingerprint density at radius 1 is 1.16 bits per heavy atom. The van der Waals surface area contributed by atoms with Gasteiger partial charge in [0.2, 0.25) is 0 Å². The average Bonchev–Trinajstić information content (AvgIpc) is 2.47. The van der Waals surface area contributed by atoms with Crippen LogP contribution in [0, 0.1) is 0 Å². The molecule has 2 N–H and O–H groups in total. The van der Waals surface area contributed by atoms with Crippen molar-refractivity contribution in [2.75, 3.05) is 0 Å². The highest BCUT2D eigenvalue weighted by Crippen LogP contribution is 2.23. The van der Waals surface area contributed by atoms with E-state index in [4.69, 9.17) is 10.5 Å². The van der Waals surface area contributed by atoms with Gasteiger partial charge in [-0.2, -0.15) is 0 Å². The van der Waals surface area contributed by atoms with E-state index >= 15 is 0 Å². The van der Waals surface area contributed by atoms with Crippen molar-refractivity contribution in [3.63, 3.8) is 0 Å². The molecule has 0 aliphatic heterocycles. The summed E-state index contributed by atoms with van der Waals surface area (Å²) in [6, 6.07) is 11.9. The molecule has 1 heterocycles. The molecule has 0 saturated carbocycles. The number of benzene rings is 1. The summed E-state index contributed by atoms with van der Waals surface area (Å²) >= 11 is 0. The molecule has 0 fully saturated rings. The van der Waals surface area contributed by atoms with E-state index in [9.17, 15) is 0 Å². The predicted molar refractivity (Wildman–Crippen MR) is 77.4 cm³/mol. The van der Waals surface area contributed by atoms with Gasteiger partial charge in [0.05, 0.1) is 11.9 Å². The number of nitrogens with two attached hydrogens (primary N) is 1. The second kappa shape index (κ2) is 6.34. The Bertz CT molecular complexity index is 523. The first-order valence-electron chi connectivity index (χ1n) is 6.71. The van der Waals surface area contributed by atoms with Crippen LogP contribution in [-0.4, -0.2) is 4.98 Å². The molecule has 0 amide bonds. The van der Waals surface area contributed by atoms with Crippen LogP contribution in [0.1, 0.15) is 37.6 Å². The summed E-state index contributed by atoms with van der Waals surface area (Å²) in [4.78, 5) is 4.34. The summed E-state index contributed by atoms with van der Waals surface area (Å²) in [6.07, 6.45) is 3.61. The molecule has 0 bridgehead atoms. The Morgan fingerprint density at radius 3 is 2.63 bits per heavy atom. The topological polar surface area (TPSA) is 48.1 Å². The molecular weight excluding hydrogens is 236 g/mol. The standard InChI is InChI=1S/C16H20N2O/c1-3-12-6-5-7-13(10-12)19-14-8-9-16(18-11-14)15(17)4-2/h5-11,15H,3-4,17H2,1-2H3/t15-/m0/s1. The van der Waals surface area contributed by atoms with Gasteiger partial charge < -0.3 is 10.5 Å². The number of aryl methyl sites for hydroxylation is 1. The summed E-state index contributed by atoms with van der Waals surface area (Å²) in [5.41, 5.74) is 8.09. The minimum atomic E-state index is -0.00234. The average molecular weight is 256 g/mol. The van der Waals surface area contributed by atoms with E-state index in [2.05, 4.69) is 18.0 Å². The molecule has 0 aliphatic carbocycles. The molecular formula is C16H20N2O. The third-order valence-corrected chi connectivity index (χ3v) is 3.12. The quantitative estimate of drug-likeness (QED) is 0.884. The number of rotatable bonds is 5. The van der Waals surface area contributed by atoms with Gasteiger partial charge in [-0.15, -0.1) is 0 Å². The Balaban J connectivity index is 2.10. The van der Waals surface area contributed by atoms with Crippen molar-refractivity contribution >= 4 is 0 Å². The maximum atomic E-state index is 5.93. The van der Waals surface area contributed by atoms with Crippen LogP contribution in [0.4, 0.5) is 0 Å². The van der Waals surface area contributed by atoms with Crippen LogP contribution in [0.3, 0.4) is 0 Å². The van der Waals surface area contributed by atoms with E-state index in [0.717, 1.165) is 30.0 Å². The van der Waals surface area contributed by atoms with Gasteiger partial charge in [0.15, 0.2) is 0 Å². The normalized spacial score (nSPS) is 12.2. The minimum absolute atomic E-state index is 0.00234. The SMILES string of the molecule is CCc1cccc(Oc2ccc([C@@H](N)CC)nc2)c1. The fourth-order valence-electron chi connectivity index (χ4n) is 1.85. The Hall–Kier alpha value is -1.87. The van der Waals surface area contributed by atoms with Crippen LogP contribution in [-0.2, 0) is 6.42 Å². The number of hydrogen-bond acceptors (Lipinski definition) is 3. The zero-order valence-corrected chi connectivity index (χ0v) is 11.5. The molecule has 2 rings (SSSR count). The third-order valence-electron chi connectivity index (χ3n) is 3.12. The van der Waals surface area contributed by atoms with Gasteiger partial charge in [-0.1, -0.05) is 26.0 Å². The van der Waals surface area contributed by atoms with Gasteiger partial charge in [0.1, 0.15) is 11.5 Å². The minimum Gasteiger partial charge on any atom is -0.456 e.